The summed E-state index contributed by atoms with van der Waals surface area (Å²) in [6, 6.07) is 8.14. The van der Waals surface area contributed by atoms with Crippen molar-refractivity contribution in [2.75, 3.05) is 14.2 Å². The molecule has 0 spiro atoms. The molecule has 3 nitrogen and oxygen atoms in total. The van der Waals surface area contributed by atoms with Gasteiger partial charge < -0.3 is 15.2 Å². The molecule has 3 rings (SSSR count). The summed E-state index contributed by atoms with van der Waals surface area (Å²) in [4.78, 5) is 1.17. The van der Waals surface area contributed by atoms with E-state index >= 15 is 0 Å². The first-order chi connectivity index (χ1) is 10.1. The third-order valence-electron chi connectivity index (χ3n) is 3.57. The van der Waals surface area contributed by atoms with Crippen molar-refractivity contribution in [2.24, 2.45) is 5.73 Å². The summed E-state index contributed by atoms with van der Waals surface area (Å²) in [6.07, 6.45) is 0. The minimum absolute atomic E-state index is 0.144. The van der Waals surface area contributed by atoms with Gasteiger partial charge in [0.2, 0.25) is 0 Å². The van der Waals surface area contributed by atoms with Crippen LogP contribution in [0, 0.1) is 6.92 Å². The number of thiophene rings is 2. The molecular formula is C16H17NO2S2. The van der Waals surface area contributed by atoms with Crippen LogP contribution in [0.25, 0.3) is 9.40 Å². The number of nitrogens with two attached hydrogens (primary N) is 1. The molecule has 3 aromatic rings. The molecule has 1 atom stereocenters. The molecule has 0 aliphatic rings. The predicted octanol–water partition coefficient (Wildman–Crippen LogP) is 4.34. The molecule has 1 unspecified atom stereocenters. The zero-order chi connectivity index (χ0) is 15.0. The van der Waals surface area contributed by atoms with Crippen LogP contribution < -0.4 is 15.2 Å². The van der Waals surface area contributed by atoms with Gasteiger partial charge in [-0.05, 0) is 47.7 Å². The lowest BCUT2D eigenvalue weighted by Gasteiger charge is -2.17. The second-order valence-electron chi connectivity index (χ2n) is 4.84. The van der Waals surface area contributed by atoms with Crippen molar-refractivity contribution in [3.8, 4) is 11.5 Å². The van der Waals surface area contributed by atoms with Crippen LogP contribution in [0.2, 0.25) is 0 Å². The highest BCUT2D eigenvalue weighted by Crippen LogP contribution is 2.38. The van der Waals surface area contributed by atoms with Gasteiger partial charge in [-0.3, -0.25) is 0 Å². The van der Waals surface area contributed by atoms with Gasteiger partial charge in [0.1, 0.15) is 0 Å². The van der Waals surface area contributed by atoms with Crippen LogP contribution >= 0.6 is 22.7 Å². The lowest BCUT2D eigenvalue weighted by molar-refractivity contribution is 0.354. The van der Waals surface area contributed by atoms with Crippen molar-refractivity contribution in [1.29, 1.82) is 0 Å². The van der Waals surface area contributed by atoms with Gasteiger partial charge in [-0.1, -0.05) is 0 Å². The highest BCUT2D eigenvalue weighted by molar-refractivity contribution is 7.27. The largest absolute Gasteiger partial charge is 0.493 e. The van der Waals surface area contributed by atoms with Crippen LogP contribution in [0.1, 0.15) is 22.0 Å². The van der Waals surface area contributed by atoms with Gasteiger partial charge in [-0.15, -0.1) is 22.7 Å². The van der Waals surface area contributed by atoms with Gasteiger partial charge in [0, 0.05) is 14.3 Å². The molecule has 0 saturated heterocycles. The Hall–Kier alpha value is -1.56. The minimum atomic E-state index is -0.144. The van der Waals surface area contributed by atoms with E-state index < -0.39 is 0 Å². The average molecular weight is 319 g/mol. The summed E-state index contributed by atoms with van der Waals surface area (Å²) < 4.78 is 13.3. The molecule has 0 bridgehead atoms. The number of rotatable bonds is 4. The second-order valence-corrected chi connectivity index (χ2v) is 6.90. The van der Waals surface area contributed by atoms with Crippen LogP contribution in [0.15, 0.2) is 29.6 Å². The summed E-state index contributed by atoms with van der Waals surface area (Å²) >= 11 is 3.50. The van der Waals surface area contributed by atoms with Crippen molar-refractivity contribution in [2.45, 2.75) is 13.0 Å². The molecule has 2 heterocycles. The average Bonchev–Trinajstić information content (AvgIpc) is 3.07. The fourth-order valence-electron chi connectivity index (χ4n) is 2.42. The monoisotopic (exact) mass is 319 g/mol. The maximum Gasteiger partial charge on any atom is 0.161 e. The Morgan fingerprint density at radius 1 is 1.05 bits per heavy atom. The van der Waals surface area contributed by atoms with Crippen molar-refractivity contribution in [3.05, 3.63) is 45.6 Å². The summed E-state index contributed by atoms with van der Waals surface area (Å²) in [5.74, 6) is 1.45. The number of methoxy groups -OCH3 is 2. The summed E-state index contributed by atoms with van der Waals surface area (Å²) in [5.41, 5.74) is 8.65. The molecule has 2 aromatic heterocycles. The van der Waals surface area contributed by atoms with E-state index in [1.54, 1.807) is 36.9 Å². The molecule has 21 heavy (non-hydrogen) atoms. The highest BCUT2D eigenvalue weighted by Gasteiger charge is 2.18. The summed E-state index contributed by atoms with van der Waals surface area (Å²) in [7, 11) is 3.29. The SMILES string of the molecule is COc1cc(C)c(C(N)c2cc3sccc3s2)cc1OC. The van der Waals surface area contributed by atoms with Crippen LogP contribution in [-0.2, 0) is 0 Å². The third kappa shape index (κ3) is 2.52. The molecule has 2 N–H and O–H groups in total. The zero-order valence-corrected chi connectivity index (χ0v) is 13.8. The van der Waals surface area contributed by atoms with E-state index in [1.807, 2.05) is 19.1 Å². The molecule has 0 aliphatic carbocycles. The smallest absolute Gasteiger partial charge is 0.161 e. The molecule has 0 aliphatic heterocycles. The summed E-state index contributed by atoms with van der Waals surface area (Å²) in [6.45, 7) is 2.05. The minimum Gasteiger partial charge on any atom is -0.493 e. The summed E-state index contributed by atoms with van der Waals surface area (Å²) in [5, 5.41) is 2.11. The Balaban J connectivity index is 2.04. The van der Waals surface area contributed by atoms with E-state index in [0.717, 1.165) is 16.9 Å². The first-order valence-electron chi connectivity index (χ1n) is 6.59. The van der Waals surface area contributed by atoms with Gasteiger partial charge >= 0.3 is 0 Å². The Labute approximate surface area is 131 Å². The first kappa shape index (κ1) is 14.4. The molecular weight excluding hydrogens is 302 g/mol. The van der Waals surface area contributed by atoms with Gasteiger partial charge in [-0.25, -0.2) is 0 Å². The number of aryl methyl sites for hydroxylation is 1. The number of benzene rings is 1. The van der Waals surface area contributed by atoms with Crippen molar-refractivity contribution < 1.29 is 9.47 Å². The lowest BCUT2D eigenvalue weighted by Crippen LogP contribution is -2.12. The van der Waals surface area contributed by atoms with Gasteiger partial charge in [0.15, 0.2) is 11.5 Å². The maximum atomic E-state index is 6.47. The van der Waals surface area contributed by atoms with Crippen molar-refractivity contribution >= 4 is 32.1 Å². The van der Waals surface area contributed by atoms with E-state index in [-0.39, 0.29) is 6.04 Å². The Morgan fingerprint density at radius 2 is 1.76 bits per heavy atom. The maximum absolute atomic E-state index is 6.47. The number of hydrogen-bond acceptors (Lipinski definition) is 5. The first-order valence-corrected chi connectivity index (χ1v) is 8.28. The highest BCUT2D eigenvalue weighted by atomic mass is 32.1. The number of ether oxygens (including phenoxy) is 2. The second kappa shape index (κ2) is 5.67. The Kier molecular flexibility index (Phi) is 3.89. The van der Waals surface area contributed by atoms with Crippen LogP contribution in [0.4, 0.5) is 0 Å². The molecule has 0 fully saturated rings. The predicted molar refractivity (Wildman–Crippen MR) is 90.0 cm³/mol. The van der Waals surface area contributed by atoms with E-state index in [0.29, 0.717) is 5.75 Å². The quantitative estimate of drug-likeness (QED) is 0.778. The lowest BCUT2D eigenvalue weighted by atomic mass is 10.00. The van der Waals surface area contributed by atoms with Crippen LogP contribution in [0.5, 0.6) is 11.5 Å². The van der Waals surface area contributed by atoms with Crippen molar-refractivity contribution in [3.63, 3.8) is 0 Å². The van der Waals surface area contributed by atoms with Crippen LogP contribution in [-0.4, -0.2) is 14.2 Å². The molecule has 0 radical (unpaired) electrons. The van der Waals surface area contributed by atoms with Crippen molar-refractivity contribution in [1.82, 2.24) is 0 Å². The normalized spacial score (nSPS) is 12.6. The van der Waals surface area contributed by atoms with E-state index in [9.17, 15) is 0 Å². The van der Waals surface area contributed by atoms with Crippen LogP contribution in [0.3, 0.4) is 0 Å². The zero-order valence-electron chi connectivity index (χ0n) is 12.2. The fourth-order valence-corrected chi connectivity index (χ4v) is 4.56. The van der Waals surface area contributed by atoms with Gasteiger partial charge in [-0.2, -0.15) is 0 Å². The molecule has 0 saturated carbocycles. The molecule has 1 aromatic carbocycles. The van der Waals surface area contributed by atoms with E-state index in [2.05, 4.69) is 17.5 Å². The third-order valence-corrected chi connectivity index (χ3v) is 5.75. The van der Waals surface area contributed by atoms with E-state index in [4.69, 9.17) is 15.2 Å². The number of hydrogen-bond donors (Lipinski definition) is 1. The Bertz CT molecular complexity index is 747. The molecule has 5 heteroatoms. The molecule has 110 valence electrons. The fraction of sp³-hybridized carbons (Fsp3) is 0.250. The molecule has 0 amide bonds. The number of fused-ring (bicyclic) bond motifs is 1. The van der Waals surface area contributed by atoms with E-state index in [1.165, 1.54) is 14.3 Å². The Morgan fingerprint density at radius 3 is 2.43 bits per heavy atom. The topological polar surface area (TPSA) is 44.5 Å². The van der Waals surface area contributed by atoms with Gasteiger partial charge in [0.05, 0.1) is 20.3 Å². The standard InChI is InChI=1S/C16H17NO2S2/c1-9-6-11(18-2)12(19-3)7-10(9)16(17)15-8-14-13(21-15)4-5-20-14/h4-8,16H,17H2,1-3H3. The van der Waals surface area contributed by atoms with Gasteiger partial charge in [0.25, 0.3) is 0 Å².